The Hall–Kier alpha value is -1.26. The van der Waals surface area contributed by atoms with Crippen molar-refractivity contribution in [2.45, 2.75) is 6.54 Å². The highest BCUT2D eigenvalue weighted by Crippen LogP contribution is 2.24. The minimum atomic E-state index is 0.317. The number of hydrogen-bond donors (Lipinski definition) is 2. The summed E-state index contributed by atoms with van der Waals surface area (Å²) in [5.41, 5.74) is 0.961. The second-order valence-corrected chi connectivity index (χ2v) is 4.02. The van der Waals surface area contributed by atoms with E-state index >= 15 is 0 Å². The second-order valence-electron chi connectivity index (χ2n) is 4.02. The molecule has 0 aromatic heterocycles. The van der Waals surface area contributed by atoms with Gasteiger partial charge in [0.25, 0.3) is 0 Å². The summed E-state index contributed by atoms with van der Waals surface area (Å²) >= 11 is 0. The molecule has 1 fully saturated rings. The summed E-state index contributed by atoms with van der Waals surface area (Å²) in [5, 5.41) is 13.1. The van der Waals surface area contributed by atoms with Crippen LogP contribution in [0.3, 0.4) is 0 Å². The molecule has 88 valence electrons. The average molecular weight is 222 g/mol. The van der Waals surface area contributed by atoms with E-state index in [1.165, 1.54) is 0 Å². The van der Waals surface area contributed by atoms with Crippen LogP contribution in [0.2, 0.25) is 0 Å². The number of hydrogen-bond acceptors (Lipinski definition) is 4. The Bertz CT molecular complexity index is 349. The van der Waals surface area contributed by atoms with Crippen molar-refractivity contribution in [2.75, 3.05) is 33.3 Å². The van der Waals surface area contributed by atoms with Crippen LogP contribution in [-0.4, -0.2) is 43.3 Å². The van der Waals surface area contributed by atoms with Gasteiger partial charge in [0.05, 0.1) is 7.11 Å². The van der Waals surface area contributed by atoms with Crippen molar-refractivity contribution in [2.24, 2.45) is 0 Å². The molecule has 1 aromatic carbocycles. The van der Waals surface area contributed by atoms with E-state index in [0.717, 1.165) is 38.3 Å². The number of phenols is 1. The molecule has 0 bridgehead atoms. The van der Waals surface area contributed by atoms with Crippen LogP contribution >= 0.6 is 0 Å². The fraction of sp³-hybridized carbons (Fsp3) is 0.500. The zero-order valence-electron chi connectivity index (χ0n) is 9.57. The van der Waals surface area contributed by atoms with Crippen molar-refractivity contribution in [3.8, 4) is 11.5 Å². The van der Waals surface area contributed by atoms with E-state index in [0.29, 0.717) is 11.5 Å². The van der Waals surface area contributed by atoms with Gasteiger partial charge in [-0.3, -0.25) is 4.90 Å². The van der Waals surface area contributed by atoms with Gasteiger partial charge in [0.2, 0.25) is 0 Å². The highest BCUT2D eigenvalue weighted by atomic mass is 16.5. The van der Waals surface area contributed by atoms with Gasteiger partial charge in [0, 0.05) is 44.4 Å². The van der Waals surface area contributed by atoms with Crippen LogP contribution in [0.4, 0.5) is 0 Å². The van der Waals surface area contributed by atoms with Gasteiger partial charge >= 0.3 is 0 Å². The quantitative estimate of drug-likeness (QED) is 0.794. The van der Waals surface area contributed by atoms with Gasteiger partial charge < -0.3 is 15.2 Å². The molecule has 0 aliphatic carbocycles. The molecule has 0 saturated carbocycles. The number of nitrogens with one attached hydrogen (secondary N) is 1. The lowest BCUT2D eigenvalue weighted by Crippen LogP contribution is -2.42. The Balaban J connectivity index is 2.03. The van der Waals surface area contributed by atoms with Crippen molar-refractivity contribution < 1.29 is 9.84 Å². The van der Waals surface area contributed by atoms with E-state index in [2.05, 4.69) is 10.2 Å². The van der Waals surface area contributed by atoms with E-state index in [9.17, 15) is 5.11 Å². The predicted octanol–water partition coefficient (Wildman–Crippen LogP) is 0.806. The number of phenolic OH excluding ortho intramolecular Hbond substituents is 1. The molecule has 1 aliphatic heterocycles. The van der Waals surface area contributed by atoms with E-state index in [4.69, 9.17) is 4.74 Å². The maximum absolute atomic E-state index is 9.83. The summed E-state index contributed by atoms with van der Waals surface area (Å²) in [6, 6.07) is 5.48. The SMILES string of the molecule is COc1ccc(CN2CCNCC2)c(O)c1. The molecule has 0 unspecified atom stereocenters. The van der Waals surface area contributed by atoms with E-state index < -0.39 is 0 Å². The zero-order valence-corrected chi connectivity index (χ0v) is 9.57. The molecule has 1 aromatic rings. The molecule has 0 radical (unpaired) electrons. The number of piperazine rings is 1. The van der Waals surface area contributed by atoms with Crippen LogP contribution in [0.5, 0.6) is 11.5 Å². The van der Waals surface area contributed by atoms with Crippen LogP contribution in [0.1, 0.15) is 5.56 Å². The second kappa shape index (κ2) is 5.18. The minimum absolute atomic E-state index is 0.317. The molecule has 0 spiro atoms. The topological polar surface area (TPSA) is 44.7 Å². The third-order valence-electron chi connectivity index (χ3n) is 2.90. The molecule has 1 aliphatic rings. The average Bonchev–Trinajstić information content (AvgIpc) is 2.33. The fourth-order valence-corrected chi connectivity index (χ4v) is 1.91. The Labute approximate surface area is 95.8 Å². The third kappa shape index (κ3) is 2.65. The molecule has 1 saturated heterocycles. The number of ether oxygens (including phenoxy) is 1. The standard InChI is InChI=1S/C12H18N2O2/c1-16-11-3-2-10(12(15)8-11)9-14-6-4-13-5-7-14/h2-3,8,13,15H,4-7,9H2,1H3. The van der Waals surface area contributed by atoms with Gasteiger partial charge in [-0.2, -0.15) is 0 Å². The molecular formula is C12H18N2O2. The summed E-state index contributed by atoms with van der Waals surface area (Å²) in [6.45, 7) is 4.92. The predicted molar refractivity (Wildman–Crippen MR) is 62.8 cm³/mol. The van der Waals surface area contributed by atoms with Gasteiger partial charge in [-0.05, 0) is 6.07 Å². The normalized spacial score (nSPS) is 17.3. The Morgan fingerprint density at radius 3 is 2.75 bits per heavy atom. The summed E-state index contributed by atoms with van der Waals surface area (Å²) in [7, 11) is 1.60. The first-order valence-electron chi connectivity index (χ1n) is 5.58. The van der Waals surface area contributed by atoms with Gasteiger partial charge in [0.15, 0.2) is 0 Å². The summed E-state index contributed by atoms with van der Waals surface area (Å²) < 4.78 is 5.06. The van der Waals surface area contributed by atoms with E-state index in [1.54, 1.807) is 13.2 Å². The van der Waals surface area contributed by atoms with E-state index in [1.807, 2.05) is 12.1 Å². The molecule has 16 heavy (non-hydrogen) atoms. The van der Waals surface area contributed by atoms with Gasteiger partial charge in [-0.25, -0.2) is 0 Å². The van der Waals surface area contributed by atoms with Crippen molar-refractivity contribution in [1.82, 2.24) is 10.2 Å². The number of benzene rings is 1. The molecule has 2 N–H and O–H groups in total. The molecule has 1 heterocycles. The van der Waals surface area contributed by atoms with Crippen molar-refractivity contribution in [1.29, 1.82) is 0 Å². The van der Waals surface area contributed by atoms with Crippen molar-refractivity contribution in [3.05, 3.63) is 23.8 Å². The minimum Gasteiger partial charge on any atom is -0.507 e. The highest BCUT2D eigenvalue weighted by molar-refractivity contribution is 5.39. The summed E-state index contributed by atoms with van der Waals surface area (Å²) in [4.78, 5) is 2.33. The van der Waals surface area contributed by atoms with Crippen LogP contribution in [0.15, 0.2) is 18.2 Å². The molecule has 0 atom stereocenters. The molecule has 2 rings (SSSR count). The summed E-state index contributed by atoms with van der Waals surface area (Å²) in [6.07, 6.45) is 0. The Kier molecular flexibility index (Phi) is 3.64. The Morgan fingerprint density at radius 2 is 2.12 bits per heavy atom. The monoisotopic (exact) mass is 222 g/mol. The first-order chi connectivity index (χ1) is 7.79. The lowest BCUT2D eigenvalue weighted by Gasteiger charge is -2.27. The number of methoxy groups -OCH3 is 1. The van der Waals surface area contributed by atoms with Crippen LogP contribution in [0.25, 0.3) is 0 Å². The van der Waals surface area contributed by atoms with Crippen LogP contribution in [0, 0.1) is 0 Å². The van der Waals surface area contributed by atoms with E-state index in [-0.39, 0.29) is 0 Å². The van der Waals surface area contributed by atoms with Crippen molar-refractivity contribution in [3.63, 3.8) is 0 Å². The largest absolute Gasteiger partial charge is 0.507 e. The fourth-order valence-electron chi connectivity index (χ4n) is 1.91. The molecule has 0 amide bonds. The maximum atomic E-state index is 9.83. The zero-order chi connectivity index (χ0) is 11.4. The van der Waals surface area contributed by atoms with Gasteiger partial charge in [0.1, 0.15) is 11.5 Å². The van der Waals surface area contributed by atoms with Crippen molar-refractivity contribution >= 4 is 0 Å². The van der Waals surface area contributed by atoms with Gasteiger partial charge in [-0.1, -0.05) is 6.07 Å². The highest BCUT2D eigenvalue weighted by Gasteiger charge is 2.12. The van der Waals surface area contributed by atoms with Crippen LogP contribution in [-0.2, 0) is 6.54 Å². The molecule has 4 heteroatoms. The third-order valence-corrected chi connectivity index (χ3v) is 2.90. The number of nitrogens with zero attached hydrogens (tertiary/aromatic N) is 1. The van der Waals surface area contributed by atoms with Gasteiger partial charge in [-0.15, -0.1) is 0 Å². The molecular weight excluding hydrogens is 204 g/mol. The Morgan fingerprint density at radius 1 is 1.38 bits per heavy atom. The first-order valence-corrected chi connectivity index (χ1v) is 5.58. The molecule has 4 nitrogen and oxygen atoms in total. The maximum Gasteiger partial charge on any atom is 0.123 e. The van der Waals surface area contributed by atoms with Crippen LogP contribution < -0.4 is 10.1 Å². The number of aromatic hydroxyl groups is 1. The summed E-state index contributed by atoms with van der Waals surface area (Å²) in [5.74, 6) is 1.01. The lowest BCUT2D eigenvalue weighted by atomic mass is 10.1. The first kappa shape index (κ1) is 11.2. The smallest absolute Gasteiger partial charge is 0.123 e. The number of rotatable bonds is 3. The lowest BCUT2D eigenvalue weighted by molar-refractivity contribution is 0.230.